The van der Waals surface area contributed by atoms with Crippen molar-refractivity contribution < 1.29 is 9.18 Å². The number of pyridine rings is 1. The van der Waals surface area contributed by atoms with Crippen molar-refractivity contribution in [2.75, 3.05) is 0 Å². The van der Waals surface area contributed by atoms with Crippen molar-refractivity contribution in [3.63, 3.8) is 0 Å². The van der Waals surface area contributed by atoms with Gasteiger partial charge in [-0.05, 0) is 29.8 Å². The van der Waals surface area contributed by atoms with Crippen LogP contribution in [0.2, 0.25) is 0 Å². The number of aromatic nitrogens is 4. The van der Waals surface area contributed by atoms with Crippen molar-refractivity contribution in [1.29, 1.82) is 0 Å². The molecule has 3 aromatic rings. The van der Waals surface area contributed by atoms with Crippen molar-refractivity contribution in [3.8, 4) is 5.82 Å². The van der Waals surface area contributed by atoms with E-state index < -0.39 is 0 Å². The van der Waals surface area contributed by atoms with E-state index in [0.717, 1.165) is 11.1 Å². The highest BCUT2D eigenvalue weighted by Gasteiger charge is 2.07. The Bertz CT molecular complexity index is 844. The number of amides is 1. The van der Waals surface area contributed by atoms with Gasteiger partial charge in [0.1, 0.15) is 18.5 Å². The molecule has 1 N–H and O–H groups in total. The van der Waals surface area contributed by atoms with E-state index in [1.54, 1.807) is 36.8 Å². The molecule has 2 aromatic heterocycles. The number of hydrogen-bond donors (Lipinski definition) is 1. The number of halogens is 1. The largest absolute Gasteiger partial charge is 0.348 e. The SMILES string of the molecule is O=C(C=Cc1ccc(F)cc1)NCc1cccnc1-n1cncn1. The van der Waals surface area contributed by atoms with Crippen molar-refractivity contribution in [3.05, 3.63) is 78.3 Å². The first-order chi connectivity index (χ1) is 11.7. The average molecular weight is 323 g/mol. The second kappa shape index (κ2) is 7.28. The molecule has 0 atom stereocenters. The van der Waals surface area contributed by atoms with Crippen LogP contribution in [0.15, 0.2) is 61.3 Å². The lowest BCUT2D eigenvalue weighted by atomic mass is 10.2. The fourth-order valence-electron chi connectivity index (χ4n) is 2.08. The minimum absolute atomic E-state index is 0.257. The van der Waals surface area contributed by atoms with Gasteiger partial charge in [0.2, 0.25) is 5.91 Å². The Hall–Kier alpha value is -3.35. The van der Waals surface area contributed by atoms with Crippen LogP contribution in [-0.4, -0.2) is 25.7 Å². The summed E-state index contributed by atoms with van der Waals surface area (Å²) < 4.78 is 14.4. The lowest BCUT2D eigenvalue weighted by molar-refractivity contribution is -0.116. The molecule has 0 aliphatic carbocycles. The van der Waals surface area contributed by atoms with Gasteiger partial charge < -0.3 is 5.32 Å². The molecule has 0 radical (unpaired) electrons. The second-order valence-electron chi connectivity index (χ2n) is 4.93. The lowest BCUT2D eigenvalue weighted by Crippen LogP contribution is -2.21. The number of rotatable bonds is 5. The Kier molecular flexibility index (Phi) is 4.71. The summed E-state index contributed by atoms with van der Waals surface area (Å²) in [7, 11) is 0. The third-order valence-corrected chi connectivity index (χ3v) is 3.25. The van der Waals surface area contributed by atoms with E-state index in [-0.39, 0.29) is 11.7 Å². The third-order valence-electron chi connectivity index (χ3n) is 3.25. The third kappa shape index (κ3) is 3.89. The first-order valence-electron chi connectivity index (χ1n) is 7.23. The number of carbonyl (C=O) groups is 1. The van der Waals surface area contributed by atoms with E-state index in [2.05, 4.69) is 20.4 Å². The summed E-state index contributed by atoms with van der Waals surface area (Å²) in [5.74, 6) is 0.0411. The summed E-state index contributed by atoms with van der Waals surface area (Å²) in [5.41, 5.74) is 1.56. The fourth-order valence-corrected chi connectivity index (χ4v) is 2.08. The summed E-state index contributed by atoms with van der Waals surface area (Å²) in [6.07, 6.45) is 7.64. The Morgan fingerprint density at radius 3 is 2.83 bits per heavy atom. The predicted molar refractivity (Wildman–Crippen MR) is 86.4 cm³/mol. The summed E-state index contributed by atoms with van der Waals surface area (Å²) in [5, 5.41) is 6.82. The molecular weight excluding hydrogens is 309 g/mol. The zero-order valence-electron chi connectivity index (χ0n) is 12.6. The van der Waals surface area contributed by atoms with E-state index in [1.807, 2.05) is 6.07 Å². The number of carbonyl (C=O) groups excluding carboxylic acids is 1. The van der Waals surface area contributed by atoms with Gasteiger partial charge in [-0.2, -0.15) is 5.10 Å². The standard InChI is InChI=1S/C17H14FN5O/c18-15-6-3-13(4-7-15)5-8-16(24)21-10-14-2-1-9-20-17(14)23-12-19-11-22-23/h1-9,11-12H,10H2,(H,21,24). The maximum Gasteiger partial charge on any atom is 0.244 e. The fraction of sp³-hybridized carbons (Fsp3) is 0.0588. The molecule has 6 nitrogen and oxygen atoms in total. The maximum atomic E-state index is 12.8. The van der Waals surface area contributed by atoms with Crippen LogP contribution in [0.3, 0.4) is 0 Å². The van der Waals surface area contributed by atoms with Crippen LogP contribution < -0.4 is 5.32 Å². The van der Waals surface area contributed by atoms with Gasteiger partial charge >= 0.3 is 0 Å². The van der Waals surface area contributed by atoms with E-state index in [0.29, 0.717) is 12.4 Å². The molecule has 0 aliphatic rings. The van der Waals surface area contributed by atoms with Crippen LogP contribution in [-0.2, 0) is 11.3 Å². The zero-order valence-corrected chi connectivity index (χ0v) is 12.6. The summed E-state index contributed by atoms with van der Waals surface area (Å²) in [4.78, 5) is 20.1. The van der Waals surface area contributed by atoms with Crippen LogP contribution in [0.25, 0.3) is 11.9 Å². The molecule has 24 heavy (non-hydrogen) atoms. The van der Waals surface area contributed by atoms with Crippen molar-refractivity contribution in [2.45, 2.75) is 6.54 Å². The van der Waals surface area contributed by atoms with Gasteiger partial charge in [-0.1, -0.05) is 18.2 Å². The molecule has 120 valence electrons. The molecule has 0 saturated carbocycles. The smallest absolute Gasteiger partial charge is 0.244 e. The molecule has 0 fully saturated rings. The van der Waals surface area contributed by atoms with E-state index in [4.69, 9.17) is 0 Å². The molecule has 1 aromatic carbocycles. The summed E-state index contributed by atoms with van der Waals surface area (Å²) in [6.45, 7) is 0.301. The predicted octanol–water partition coefficient (Wildman–Crippen LogP) is 2.13. The molecule has 2 heterocycles. The van der Waals surface area contributed by atoms with Crippen LogP contribution in [0.4, 0.5) is 4.39 Å². The second-order valence-corrected chi connectivity index (χ2v) is 4.93. The van der Waals surface area contributed by atoms with Gasteiger partial charge in [0.05, 0.1) is 0 Å². The lowest BCUT2D eigenvalue weighted by Gasteiger charge is -2.08. The minimum atomic E-state index is -0.311. The number of nitrogens with one attached hydrogen (secondary N) is 1. The Balaban J connectivity index is 1.64. The molecule has 0 unspecified atom stereocenters. The molecular formula is C17H14FN5O. The van der Waals surface area contributed by atoms with E-state index in [1.165, 1.54) is 29.2 Å². The minimum Gasteiger partial charge on any atom is -0.348 e. The zero-order chi connectivity index (χ0) is 16.8. The van der Waals surface area contributed by atoms with Crippen LogP contribution in [0.5, 0.6) is 0 Å². The van der Waals surface area contributed by atoms with Gasteiger partial charge in [-0.15, -0.1) is 0 Å². The average Bonchev–Trinajstić information content (AvgIpc) is 3.14. The Labute approximate surface area is 137 Å². The van der Waals surface area contributed by atoms with Gasteiger partial charge in [-0.25, -0.2) is 19.0 Å². The van der Waals surface area contributed by atoms with Crippen molar-refractivity contribution in [2.24, 2.45) is 0 Å². The van der Waals surface area contributed by atoms with Gasteiger partial charge in [0.25, 0.3) is 0 Å². The van der Waals surface area contributed by atoms with Crippen molar-refractivity contribution >= 4 is 12.0 Å². The quantitative estimate of drug-likeness (QED) is 0.730. The molecule has 1 amide bonds. The first-order valence-corrected chi connectivity index (χ1v) is 7.23. The van der Waals surface area contributed by atoms with E-state index >= 15 is 0 Å². The number of benzene rings is 1. The molecule has 3 rings (SSSR count). The maximum absolute atomic E-state index is 12.8. The Morgan fingerprint density at radius 1 is 1.25 bits per heavy atom. The molecule has 0 aliphatic heterocycles. The topological polar surface area (TPSA) is 72.7 Å². The molecule has 0 saturated heterocycles. The molecule has 0 spiro atoms. The summed E-state index contributed by atoms with van der Waals surface area (Å²) in [6, 6.07) is 9.53. The van der Waals surface area contributed by atoms with E-state index in [9.17, 15) is 9.18 Å². The monoisotopic (exact) mass is 323 g/mol. The van der Waals surface area contributed by atoms with Crippen LogP contribution >= 0.6 is 0 Å². The summed E-state index contributed by atoms with van der Waals surface area (Å²) >= 11 is 0. The van der Waals surface area contributed by atoms with Gasteiger partial charge in [0.15, 0.2) is 5.82 Å². The molecule has 7 heteroatoms. The highest BCUT2D eigenvalue weighted by Crippen LogP contribution is 2.09. The first kappa shape index (κ1) is 15.5. The highest BCUT2D eigenvalue weighted by atomic mass is 19.1. The number of nitrogens with zero attached hydrogens (tertiary/aromatic N) is 4. The highest BCUT2D eigenvalue weighted by molar-refractivity contribution is 5.91. The van der Waals surface area contributed by atoms with Gasteiger partial charge in [-0.3, -0.25) is 4.79 Å². The number of hydrogen-bond acceptors (Lipinski definition) is 4. The van der Waals surface area contributed by atoms with Crippen molar-refractivity contribution in [1.82, 2.24) is 25.1 Å². The normalized spacial score (nSPS) is 10.9. The Morgan fingerprint density at radius 2 is 2.08 bits per heavy atom. The van der Waals surface area contributed by atoms with Gasteiger partial charge in [0, 0.05) is 24.4 Å². The molecule has 0 bridgehead atoms. The van der Waals surface area contributed by atoms with Crippen LogP contribution in [0, 0.1) is 5.82 Å². The van der Waals surface area contributed by atoms with Crippen LogP contribution in [0.1, 0.15) is 11.1 Å².